The number of nitrogens with one attached hydrogen (secondary N) is 1. The average Bonchev–Trinajstić information content (AvgIpc) is 2.75. The second kappa shape index (κ2) is 8.73. The van der Waals surface area contributed by atoms with E-state index >= 15 is 0 Å². The Balaban J connectivity index is 1.92. The largest absolute Gasteiger partial charge is 0.497 e. The molecular formula is C20H20N2O5S2. The number of benzene rings is 2. The monoisotopic (exact) mass is 432 g/mol. The minimum absolute atomic E-state index is 0.0142. The van der Waals surface area contributed by atoms with Gasteiger partial charge in [-0.2, -0.15) is 0 Å². The standard InChI is InChI=1S/C20H20N2O5S2/c1-27-17-9-11-19(12-10-17)29(25,26)22-15-20(16-6-5-13-21-14-16)28(23,24)18-7-3-2-4-8-18/h2-14,20,22H,15H2,1H3/t20-/m0/s1. The summed E-state index contributed by atoms with van der Waals surface area (Å²) in [5.41, 5.74) is 0.397. The Kier molecular flexibility index (Phi) is 6.31. The van der Waals surface area contributed by atoms with E-state index in [1.807, 2.05) is 0 Å². The van der Waals surface area contributed by atoms with Crippen LogP contribution in [-0.4, -0.2) is 35.5 Å². The molecule has 0 aliphatic rings. The minimum Gasteiger partial charge on any atom is -0.497 e. The summed E-state index contributed by atoms with van der Waals surface area (Å²) in [6.45, 7) is -0.336. The molecule has 0 aliphatic carbocycles. The van der Waals surface area contributed by atoms with Crippen molar-refractivity contribution in [2.24, 2.45) is 0 Å². The van der Waals surface area contributed by atoms with Gasteiger partial charge in [0.15, 0.2) is 9.84 Å². The van der Waals surface area contributed by atoms with E-state index in [1.165, 1.54) is 55.9 Å². The third-order valence-corrected chi connectivity index (χ3v) is 7.89. The fourth-order valence-corrected chi connectivity index (χ4v) is 5.59. The van der Waals surface area contributed by atoms with Crippen molar-refractivity contribution in [3.63, 3.8) is 0 Å². The number of hydrogen-bond donors (Lipinski definition) is 1. The number of ether oxygens (including phenoxy) is 1. The van der Waals surface area contributed by atoms with Gasteiger partial charge < -0.3 is 4.74 Å². The van der Waals surface area contributed by atoms with Gasteiger partial charge in [0.25, 0.3) is 0 Å². The lowest BCUT2D eigenvalue weighted by molar-refractivity contribution is 0.414. The first-order valence-corrected chi connectivity index (χ1v) is 11.7. The fourth-order valence-electron chi connectivity index (χ4n) is 2.77. The van der Waals surface area contributed by atoms with E-state index in [0.717, 1.165) is 0 Å². The number of sulfonamides is 1. The van der Waals surface area contributed by atoms with Gasteiger partial charge in [-0.15, -0.1) is 0 Å². The van der Waals surface area contributed by atoms with Crippen LogP contribution in [0.2, 0.25) is 0 Å². The van der Waals surface area contributed by atoms with Gasteiger partial charge in [0.2, 0.25) is 10.0 Å². The predicted octanol–water partition coefficient (Wildman–Crippen LogP) is 2.58. The quantitative estimate of drug-likeness (QED) is 0.587. The summed E-state index contributed by atoms with van der Waals surface area (Å²) >= 11 is 0. The van der Waals surface area contributed by atoms with E-state index in [2.05, 4.69) is 9.71 Å². The molecule has 1 heterocycles. The summed E-state index contributed by atoms with van der Waals surface area (Å²) < 4.78 is 59.2. The first-order valence-electron chi connectivity index (χ1n) is 8.67. The van der Waals surface area contributed by atoms with Gasteiger partial charge in [0.05, 0.1) is 16.9 Å². The Morgan fingerprint density at radius 1 is 0.897 bits per heavy atom. The van der Waals surface area contributed by atoms with Gasteiger partial charge in [0.1, 0.15) is 11.0 Å². The molecule has 0 amide bonds. The maximum absolute atomic E-state index is 13.2. The van der Waals surface area contributed by atoms with Gasteiger partial charge in [0, 0.05) is 18.9 Å². The summed E-state index contributed by atoms with van der Waals surface area (Å²) in [6, 6.07) is 17.0. The normalized spacial score (nSPS) is 13.0. The molecule has 1 atom stereocenters. The number of hydrogen-bond acceptors (Lipinski definition) is 6. The van der Waals surface area contributed by atoms with Gasteiger partial charge in [-0.3, -0.25) is 4.98 Å². The van der Waals surface area contributed by atoms with E-state index < -0.39 is 25.1 Å². The summed E-state index contributed by atoms with van der Waals surface area (Å²) in [6.07, 6.45) is 2.95. The molecule has 0 saturated carbocycles. The van der Waals surface area contributed by atoms with Crippen LogP contribution in [0.1, 0.15) is 10.8 Å². The van der Waals surface area contributed by atoms with Crippen LogP contribution >= 0.6 is 0 Å². The smallest absolute Gasteiger partial charge is 0.240 e. The zero-order valence-corrected chi connectivity index (χ0v) is 17.2. The average molecular weight is 433 g/mol. The molecule has 3 aromatic rings. The first kappa shape index (κ1) is 21.0. The molecule has 1 aromatic heterocycles. The zero-order valence-electron chi connectivity index (χ0n) is 15.6. The van der Waals surface area contributed by atoms with Gasteiger partial charge in [-0.1, -0.05) is 24.3 Å². The van der Waals surface area contributed by atoms with Crippen LogP contribution in [0.4, 0.5) is 0 Å². The molecule has 0 aliphatic heterocycles. The zero-order chi connectivity index (χ0) is 20.9. The number of pyridine rings is 1. The molecule has 0 unspecified atom stereocenters. The predicted molar refractivity (Wildman–Crippen MR) is 109 cm³/mol. The van der Waals surface area contributed by atoms with E-state index in [4.69, 9.17) is 4.74 Å². The van der Waals surface area contributed by atoms with Crippen molar-refractivity contribution in [3.05, 3.63) is 84.7 Å². The minimum atomic E-state index is -3.92. The SMILES string of the molecule is COc1ccc(S(=O)(=O)NC[C@@H](c2cccnc2)S(=O)(=O)c2ccccc2)cc1. The van der Waals surface area contributed by atoms with Gasteiger partial charge in [-0.05, 0) is 48.0 Å². The number of sulfone groups is 1. The second-order valence-electron chi connectivity index (χ2n) is 6.16. The highest BCUT2D eigenvalue weighted by Crippen LogP contribution is 2.28. The van der Waals surface area contributed by atoms with Crippen LogP contribution in [0, 0.1) is 0 Å². The van der Waals surface area contributed by atoms with E-state index in [1.54, 1.807) is 30.3 Å². The molecule has 0 saturated heterocycles. The van der Waals surface area contributed by atoms with Crippen molar-refractivity contribution in [3.8, 4) is 5.75 Å². The summed E-state index contributed by atoms with van der Waals surface area (Å²) in [4.78, 5) is 4.10. The molecule has 152 valence electrons. The summed E-state index contributed by atoms with van der Waals surface area (Å²) in [7, 11) is -6.30. The maximum Gasteiger partial charge on any atom is 0.240 e. The third-order valence-electron chi connectivity index (χ3n) is 4.33. The molecule has 7 nitrogen and oxygen atoms in total. The molecule has 2 aromatic carbocycles. The van der Waals surface area contributed by atoms with E-state index in [-0.39, 0.29) is 16.3 Å². The highest BCUT2D eigenvalue weighted by Gasteiger charge is 2.31. The van der Waals surface area contributed by atoms with Crippen molar-refractivity contribution in [1.82, 2.24) is 9.71 Å². The van der Waals surface area contributed by atoms with Crippen molar-refractivity contribution in [2.75, 3.05) is 13.7 Å². The second-order valence-corrected chi connectivity index (χ2v) is 10.1. The fraction of sp³-hybridized carbons (Fsp3) is 0.150. The lowest BCUT2D eigenvalue weighted by Crippen LogP contribution is -2.32. The Bertz CT molecular complexity index is 1150. The van der Waals surface area contributed by atoms with Gasteiger partial charge in [-0.25, -0.2) is 21.6 Å². The van der Waals surface area contributed by atoms with Crippen molar-refractivity contribution < 1.29 is 21.6 Å². The molecule has 29 heavy (non-hydrogen) atoms. The molecule has 9 heteroatoms. The van der Waals surface area contributed by atoms with Crippen LogP contribution in [0.15, 0.2) is 88.9 Å². The number of nitrogens with zero attached hydrogens (tertiary/aromatic N) is 1. The molecule has 0 radical (unpaired) electrons. The van der Waals surface area contributed by atoms with Crippen LogP contribution < -0.4 is 9.46 Å². The first-order chi connectivity index (χ1) is 13.8. The van der Waals surface area contributed by atoms with Crippen molar-refractivity contribution >= 4 is 19.9 Å². The highest BCUT2D eigenvalue weighted by molar-refractivity contribution is 7.92. The number of aromatic nitrogens is 1. The van der Waals surface area contributed by atoms with Crippen LogP contribution in [-0.2, 0) is 19.9 Å². The Labute approximate surface area is 170 Å². The maximum atomic E-state index is 13.2. The number of rotatable bonds is 8. The third kappa shape index (κ3) is 4.81. The molecule has 0 spiro atoms. The summed E-state index contributed by atoms with van der Waals surface area (Å²) in [5.74, 6) is 0.517. The van der Waals surface area contributed by atoms with Gasteiger partial charge >= 0.3 is 0 Å². The number of methoxy groups -OCH3 is 1. The molecule has 3 rings (SSSR count). The highest BCUT2D eigenvalue weighted by atomic mass is 32.2. The Morgan fingerprint density at radius 2 is 1.59 bits per heavy atom. The van der Waals surface area contributed by atoms with Crippen LogP contribution in [0.3, 0.4) is 0 Å². The van der Waals surface area contributed by atoms with Crippen LogP contribution in [0.25, 0.3) is 0 Å². The van der Waals surface area contributed by atoms with E-state index in [9.17, 15) is 16.8 Å². The molecule has 0 bridgehead atoms. The van der Waals surface area contributed by atoms with Crippen molar-refractivity contribution in [2.45, 2.75) is 15.0 Å². The Hall–Kier alpha value is -2.75. The van der Waals surface area contributed by atoms with Crippen molar-refractivity contribution in [1.29, 1.82) is 0 Å². The molecule has 1 N–H and O–H groups in total. The van der Waals surface area contributed by atoms with Crippen LogP contribution in [0.5, 0.6) is 5.75 Å². The molecular weight excluding hydrogens is 412 g/mol. The Morgan fingerprint density at radius 3 is 2.17 bits per heavy atom. The molecule has 0 fully saturated rings. The lowest BCUT2D eigenvalue weighted by atomic mass is 10.2. The topological polar surface area (TPSA) is 102 Å². The lowest BCUT2D eigenvalue weighted by Gasteiger charge is -2.19. The van der Waals surface area contributed by atoms with E-state index in [0.29, 0.717) is 11.3 Å². The summed E-state index contributed by atoms with van der Waals surface area (Å²) in [5, 5.41) is -1.13.